The molecule has 0 radical (unpaired) electrons. The predicted molar refractivity (Wildman–Crippen MR) is 96.5 cm³/mol. The van der Waals surface area contributed by atoms with Gasteiger partial charge in [0, 0.05) is 12.0 Å². The average Bonchev–Trinajstić information content (AvgIpc) is 3.14. The molecule has 0 amide bonds. The molecule has 1 saturated heterocycles. The summed E-state index contributed by atoms with van der Waals surface area (Å²) in [6.45, 7) is 0.748. The van der Waals surface area contributed by atoms with Gasteiger partial charge in [-0.25, -0.2) is 4.39 Å². The summed E-state index contributed by atoms with van der Waals surface area (Å²) in [7, 11) is 1.57. The van der Waals surface area contributed by atoms with Crippen LogP contribution >= 0.6 is 15.9 Å². The summed E-state index contributed by atoms with van der Waals surface area (Å²) in [5.41, 5.74) is 1.99. The van der Waals surface area contributed by atoms with E-state index in [1.165, 1.54) is 6.07 Å². The third-order valence-corrected chi connectivity index (χ3v) is 6.09. The summed E-state index contributed by atoms with van der Waals surface area (Å²) in [5, 5.41) is 0. The van der Waals surface area contributed by atoms with Crippen LogP contribution in [-0.4, -0.2) is 31.0 Å². The first-order valence-corrected chi connectivity index (χ1v) is 9.05. The highest BCUT2D eigenvalue weighted by molar-refractivity contribution is 9.10. The molecule has 130 valence electrons. The Morgan fingerprint density at radius 2 is 2.12 bits per heavy atom. The first-order valence-electron chi connectivity index (χ1n) is 8.26. The lowest BCUT2D eigenvalue weighted by Gasteiger charge is -2.31. The SMILES string of the molecule is COc1nc(N2CCC3(Cc4ccc(F)cc4C3)C2C=O)ccc1Br. The fraction of sp³-hybridized carbons (Fsp3) is 0.368. The molecule has 0 saturated carbocycles. The maximum atomic E-state index is 13.6. The van der Waals surface area contributed by atoms with Gasteiger partial charge in [0.2, 0.25) is 5.88 Å². The van der Waals surface area contributed by atoms with E-state index in [1.54, 1.807) is 13.2 Å². The molecular formula is C19H18BrFN2O2. The number of hydrogen-bond acceptors (Lipinski definition) is 4. The molecule has 1 fully saturated rings. The van der Waals surface area contributed by atoms with E-state index in [-0.39, 0.29) is 17.3 Å². The van der Waals surface area contributed by atoms with Crippen molar-refractivity contribution in [1.29, 1.82) is 0 Å². The van der Waals surface area contributed by atoms with Crippen molar-refractivity contribution >= 4 is 28.0 Å². The minimum atomic E-state index is -0.277. The van der Waals surface area contributed by atoms with Crippen LogP contribution in [0.15, 0.2) is 34.8 Å². The van der Waals surface area contributed by atoms with Gasteiger partial charge in [-0.1, -0.05) is 6.07 Å². The molecule has 25 heavy (non-hydrogen) atoms. The number of benzene rings is 1. The van der Waals surface area contributed by atoms with E-state index >= 15 is 0 Å². The number of anilines is 1. The normalized spacial score (nSPS) is 24.6. The van der Waals surface area contributed by atoms with Gasteiger partial charge in [-0.2, -0.15) is 4.98 Å². The van der Waals surface area contributed by atoms with E-state index in [1.807, 2.05) is 23.1 Å². The van der Waals surface area contributed by atoms with Crippen molar-refractivity contribution in [2.24, 2.45) is 5.41 Å². The maximum absolute atomic E-state index is 13.6. The van der Waals surface area contributed by atoms with Gasteiger partial charge in [-0.05, 0) is 70.6 Å². The van der Waals surface area contributed by atoms with Crippen LogP contribution in [0.25, 0.3) is 0 Å². The van der Waals surface area contributed by atoms with Gasteiger partial charge in [-0.3, -0.25) is 0 Å². The van der Waals surface area contributed by atoms with Crippen molar-refractivity contribution in [3.63, 3.8) is 0 Å². The summed E-state index contributed by atoms with van der Waals surface area (Å²) < 4.78 is 19.6. The molecule has 4 nitrogen and oxygen atoms in total. The van der Waals surface area contributed by atoms with E-state index in [0.717, 1.165) is 53.5 Å². The number of aldehydes is 1. The van der Waals surface area contributed by atoms with Crippen LogP contribution in [0.1, 0.15) is 17.5 Å². The Balaban J connectivity index is 1.67. The van der Waals surface area contributed by atoms with Gasteiger partial charge >= 0.3 is 0 Å². The average molecular weight is 405 g/mol. The van der Waals surface area contributed by atoms with Crippen LogP contribution in [0.5, 0.6) is 5.88 Å². The number of carbonyl (C=O) groups is 1. The van der Waals surface area contributed by atoms with Crippen molar-refractivity contribution in [2.45, 2.75) is 25.3 Å². The summed E-state index contributed by atoms with van der Waals surface area (Å²) in [6.07, 6.45) is 3.43. The Bertz CT molecular complexity index is 844. The number of rotatable bonds is 3. The van der Waals surface area contributed by atoms with E-state index in [4.69, 9.17) is 4.74 Å². The molecule has 2 atom stereocenters. The maximum Gasteiger partial charge on any atom is 0.229 e. The molecule has 1 aliphatic heterocycles. The summed E-state index contributed by atoms with van der Waals surface area (Å²) >= 11 is 3.41. The zero-order valence-corrected chi connectivity index (χ0v) is 15.4. The van der Waals surface area contributed by atoms with Crippen LogP contribution in [0.4, 0.5) is 10.2 Å². The fourth-order valence-corrected chi connectivity index (χ4v) is 4.67. The van der Waals surface area contributed by atoms with Crippen LogP contribution in [0, 0.1) is 11.2 Å². The standard InChI is InChI=1S/C19H18BrFN2O2/c1-25-18-15(20)4-5-17(22-18)23-7-6-19(16(23)11-24)9-12-2-3-14(21)8-13(12)10-19/h2-5,8,11,16H,6-7,9-10H2,1H3. The molecule has 1 aliphatic carbocycles. The Morgan fingerprint density at radius 3 is 2.88 bits per heavy atom. The number of hydrogen-bond donors (Lipinski definition) is 0. The first-order chi connectivity index (χ1) is 12.1. The molecule has 2 aliphatic rings. The number of carbonyl (C=O) groups excluding carboxylic acids is 1. The largest absolute Gasteiger partial charge is 0.480 e. The Labute approximate surface area is 154 Å². The van der Waals surface area contributed by atoms with Gasteiger partial charge in [-0.15, -0.1) is 0 Å². The zero-order chi connectivity index (χ0) is 17.6. The lowest BCUT2D eigenvalue weighted by molar-refractivity contribution is -0.110. The van der Waals surface area contributed by atoms with Crippen molar-refractivity contribution < 1.29 is 13.9 Å². The third kappa shape index (κ3) is 2.63. The van der Waals surface area contributed by atoms with Crippen LogP contribution in [-0.2, 0) is 17.6 Å². The smallest absolute Gasteiger partial charge is 0.229 e. The highest BCUT2D eigenvalue weighted by Crippen LogP contribution is 2.48. The highest BCUT2D eigenvalue weighted by atomic mass is 79.9. The number of methoxy groups -OCH3 is 1. The molecule has 2 heterocycles. The topological polar surface area (TPSA) is 42.4 Å². The van der Waals surface area contributed by atoms with E-state index in [0.29, 0.717) is 5.88 Å². The molecular weight excluding hydrogens is 387 g/mol. The monoisotopic (exact) mass is 404 g/mol. The summed E-state index contributed by atoms with van der Waals surface area (Å²) in [4.78, 5) is 18.6. The van der Waals surface area contributed by atoms with Gasteiger partial charge in [0.05, 0.1) is 17.6 Å². The lowest BCUT2D eigenvalue weighted by Crippen LogP contribution is -2.42. The summed E-state index contributed by atoms with van der Waals surface area (Å²) in [5.74, 6) is 1.02. The molecule has 4 rings (SSSR count). The second-order valence-electron chi connectivity index (χ2n) is 6.81. The Morgan fingerprint density at radius 1 is 1.32 bits per heavy atom. The van der Waals surface area contributed by atoms with Gasteiger partial charge in [0.15, 0.2) is 0 Å². The second-order valence-corrected chi connectivity index (χ2v) is 7.67. The molecule has 6 heteroatoms. The first kappa shape index (κ1) is 16.5. The van der Waals surface area contributed by atoms with E-state index in [2.05, 4.69) is 20.9 Å². The Hall–Kier alpha value is -1.95. The highest BCUT2D eigenvalue weighted by Gasteiger charge is 2.51. The molecule has 1 spiro atoms. The lowest BCUT2D eigenvalue weighted by atomic mass is 9.78. The van der Waals surface area contributed by atoms with Crippen LogP contribution in [0.3, 0.4) is 0 Å². The Kier molecular flexibility index (Phi) is 4.02. The number of halogens is 2. The molecule has 0 N–H and O–H groups in total. The van der Waals surface area contributed by atoms with Crippen LogP contribution < -0.4 is 9.64 Å². The second kappa shape index (κ2) is 6.09. The minimum absolute atomic E-state index is 0.181. The van der Waals surface area contributed by atoms with E-state index in [9.17, 15) is 9.18 Å². The summed E-state index contributed by atoms with van der Waals surface area (Å²) in [6, 6.07) is 8.46. The molecule has 2 aromatic rings. The predicted octanol–water partition coefficient (Wildman–Crippen LogP) is 3.55. The van der Waals surface area contributed by atoms with E-state index < -0.39 is 0 Å². The van der Waals surface area contributed by atoms with Crippen LogP contribution in [0.2, 0.25) is 0 Å². The van der Waals surface area contributed by atoms with Gasteiger partial charge in [0.25, 0.3) is 0 Å². The fourth-order valence-electron chi connectivity index (χ4n) is 4.29. The minimum Gasteiger partial charge on any atom is -0.480 e. The number of nitrogens with zero attached hydrogens (tertiary/aromatic N) is 2. The molecule has 0 bridgehead atoms. The third-order valence-electron chi connectivity index (χ3n) is 5.48. The quantitative estimate of drug-likeness (QED) is 0.733. The van der Waals surface area contributed by atoms with Gasteiger partial charge < -0.3 is 14.4 Å². The zero-order valence-electron chi connectivity index (χ0n) is 13.8. The van der Waals surface area contributed by atoms with Crippen molar-refractivity contribution in [1.82, 2.24) is 4.98 Å². The molecule has 1 aromatic heterocycles. The molecule has 2 unspecified atom stereocenters. The van der Waals surface area contributed by atoms with Crippen molar-refractivity contribution in [3.05, 3.63) is 51.7 Å². The van der Waals surface area contributed by atoms with Crippen molar-refractivity contribution in [2.75, 3.05) is 18.6 Å². The molecule has 1 aromatic carbocycles. The number of pyridine rings is 1. The number of aromatic nitrogens is 1. The number of ether oxygens (including phenoxy) is 1. The van der Waals surface area contributed by atoms with Crippen molar-refractivity contribution in [3.8, 4) is 5.88 Å². The number of fused-ring (bicyclic) bond motifs is 1. The van der Waals surface area contributed by atoms with Gasteiger partial charge in [0.1, 0.15) is 17.9 Å².